The van der Waals surface area contributed by atoms with Gasteiger partial charge in [-0.1, -0.05) is 63.4 Å². The first-order valence-corrected chi connectivity index (χ1v) is 14.8. The van der Waals surface area contributed by atoms with Crippen molar-refractivity contribution >= 4 is 72.5 Å². The van der Waals surface area contributed by atoms with E-state index in [1.165, 1.54) is 6.21 Å². The first-order valence-electron chi connectivity index (χ1n) is 12.8. The number of amides is 1. The van der Waals surface area contributed by atoms with Crippen molar-refractivity contribution in [2.75, 3.05) is 14.2 Å². The number of aryl methyl sites for hydroxylation is 1. The molecule has 0 saturated carbocycles. The monoisotopic (exact) mass is 723 g/mol. The zero-order valence-corrected chi connectivity index (χ0v) is 27.1. The summed E-state index contributed by atoms with van der Waals surface area (Å²) in [5.74, 6) is 0.212. The van der Waals surface area contributed by atoms with Gasteiger partial charge in [-0.15, -0.1) is 0 Å². The predicted molar refractivity (Wildman–Crippen MR) is 175 cm³/mol. The number of ether oxygens (including phenoxy) is 3. The molecule has 0 aliphatic heterocycles. The van der Waals surface area contributed by atoms with Crippen LogP contribution in [0.5, 0.6) is 17.2 Å². The minimum absolute atomic E-state index is 0.199. The fraction of sp³-hybridized carbons (Fsp3) is 0.0938. The van der Waals surface area contributed by atoms with Gasteiger partial charge in [0.25, 0.3) is 5.91 Å². The third-order valence-corrected chi connectivity index (χ3v) is 7.95. The molecular formula is C32H24Br2ClN3O5. The molecule has 0 saturated heterocycles. The molecule has 5 rings (SSSR count). The normalized spacial score (nSPS) is 11.1. The van der Waals surface area contributed by atoms with Gasteiger partial charge in [0.2, 0.25) is 0 Å². The summed E-state index contributed by atoms with van der Waals surface area (Å²) in [6, 6.07) is 21.2. The number of fused-ring (bicyclic) bond motifs is 1. The topological polar surface area (TPSA) is 102 Å². The number of aromatic amines is 1. The van der Waals surface area contributed by atoms with Crippen LogP contribution in [-0.2, 0) is 0 Å². The van der Waals surface area contributed by atoms with Gasteiger partial charge < -0.3 is 19.2 Å². The number of rotatable bonds is 8. The van der Waals surface area contributed by atoms with Crippen molar-refractivity contribution in [1.29, 1.82) is 0 Å². The number of nitrogens with one attached hydrogen (secondary N) is 2. The quantitative estimate of drug-likeness (QED) is 0.0726. The molecular weight excluding hydrogens is 702 g/mol. The van der Waals surface area contributed by atoms with Crippen LogP contribution in [0.25, 0.3) is 22.0 Å². The first-order chi connectivity index (χ1) is 20.7. The number of esters is 1. The summed E-state index contributed by atoms with van der Waals surface area (Å²) in [6.45, 7) is 1.93. The van der Waals surface area contributed by atoms with Gasteiger partial charge >= 0.3 is 5.97 Å². The number of hydrazone groups is 1. The molecule has 0 unspecified atom stereocenters. The number of halogens is 3. The van der Waals surface area contributed by atoms with Crippen molar-refractivity contribution in [3.63, 3.8) is 0 Å². The summed E-state index contributed by atoms with van der Waals surface area (Å²) < 4.78 is 18.1. The van der Waals surface area contributed by atoms with Crippen LogP contribution in [0.15, 0.2) is 86.8 Å². The standard InChI is InChI=1S/C32H24Br2ClN3O5/c1-17-8-10-18(11-9-17)32(40)43-30-19(14-20(33)15-22(30)34)16-36-38-31(39)29-26(21-6-4-5-7-23(21)35)27-24(41-2)12-13-25(42-3)28(27)37-29/h4-16,37H,1-3H3,(H,38,39). The van der Waals surface area contributed by atoms with Gasteiger partial charge in [0.1, 0.15) is 17.2 Å². The molecule has 11 heteroatoms. The highest BCUT2D eigenvalue weighted by Gasteiger charge is 2.25. The van der Waals surface area contributed by atoms with Crippen LogP contribution in [0, 0.1) is 6.92 Å². The number of carbonyl (C=O) groups is 2. The molecule has 0 radical (unpaired) electrons. The number of carbonyl (C=O) groups excluding carboxylic acids is 2. The highest BCUT2D eigenvalue weighted by Crippen LogP contribution is 2.44. The Balaban J connectivity index is 1.51. The maximum absolute atomic E-state index is 13.6. The Labute approximate surface area is 269 Å². The van der Waals surface area contributed by atoms with Crippen LogP contribution in [0.2, 0.25) is 5.02 Å². The summed E-state index contributed by atoms with van der Waals surface area (Å²) in [5, 5.41) is 5.27. The Morgan fingerprint density at radius 2 is 1.65 bits per heavy atom. The lowest BCUT2D eigenvalue weighted by Crippen LogP contribution is -2.19. The van der Waals surface area contributed by atoms with Crippen molar-refractivity contribution in [1.82, 2.24) is 10.4 Å². The second-order valence-corrected chi connectivity index (χ2v) is 11.5. The molecule has 0 atom stereocenters. The maximum Gasteiger partial charge on any atom is 0.343 e. The van der Waals surface area contributed by atoms with Crippen LogP contribution in [-0.4, -0.2) is 37.3 Å². The number of methoxy groups -OCH3 is 2. The zero-order valence-electron chi connectivity index (χ0n) is 23.1. The molecule has 1 heterocycles. The molecule has 8 nitrogen and oxygen atoms in total. The molecule has 1 amide bonds. The molecule has 1 aromatic heterocycles. The Morgan fingerprint density at radius 1 is 0.953 bits per heavy atom. The van der Waals surface area contributed by atoms with E-state index >= 15 is 0 Å². The van der Waals surface area contributed by atoms with Crippen molar-refractivity contribution in [3.05, 3.63) is 109 Å². The summed E-state index contributed by atoms with van der Waals surface area (Å²) in [7, 11) is 3.09. The van der Waals surface area contributed by atoms with E-state index < -0.39 is 11.9 Å². The molecule has 5 aromatic rings. The van der Waals surface area contributed by atoms with Crippen molar-refractivity contribution in [2.45, 2.75) is 6.92 Å². The highest BCUT2D eigenvalue weighted by atomic mass is 79.9. The number of hydrogen-bond acceptors (Lipinski definition) is 6. The summed E-state index contributed by atoms with van der Waals surface area (Å²) >= 11 is 13.5. The third kappa shape index (κ3) is 6.31. The fourth-order valence-corrected chi connectivity index (χ4v) is 6.10. The lowest BCUT2D eigenvalue weighted by Gasteiger charge is -2.11. The first kappa shape index (κ1) is 30.3. The summed E-state index contributed by atoms with van der Waals surface area (Å²) in [6.07, 6.45) is 1.39. The average Bonchev–Trinajstić information content (AvgIpc) is 3.39. The Bertz CT molecular complexity index is 1890. The van der Waals surface area contributed by atoms with Gasteiger partial charge in [0.05, 0.1) is 41.4 Å². The van der Waals surface area contributed by atoms with E-state index in [0.717, 1.165) is 5.56 Å². The van der Waals surface area contributed by atoms with E-state index in [1.807, 2.05) is 37.3 Å². The smallest absolute Gasteiger partial charge is 0.343 e. The highest BCUT2D eigenvalue weighted by molar-refractivity contribution is 9.11. The van der Waals surface area contributed by atoms with E-state index in [0.29, 0.717) is 58.6 Å². The molecule has 43 heavy (non-hydrogen) atoms. The van der Waals surface area contributed by atoms with Crippen LogP contribution in [0.3, 0.4) is 0 Å². The van der Waals surface area contributed by atoms with Crippen LogP contribution in [0.1, 0.15) is 32.0 Å². The van der Waals surface area contributed by atoms with Crippen molar-refractivity contribution < 1.29 is 23.8 Å². The average molecular weight is 726 g/mol. The van der Waals surface area contributed by atoms with E-state index in [9.17, 15) is 9.59 Å². The molecule has 0 aliphatic carbocycles. The van der Waals surface area contributed by atoms with E-state index in [2.05, 4.69) is 47.4 Å². The number of aromatic nitrogens is 1. The number of H-pyrrole nitrogens is 1. The second kappa shape index (κ2) is 13.0. The molecule has 0 aliphatic rings. The molecule has 4 aromatic carbocycles. The van der Waals surface area contributed by atoms with Crippen molar-refractivity contribution in [3.8, 4) is 28.4 Å². The van der Waals surface area contributed by atoms with Crippen molar-refractivity contribution in [2.24, 2.45) is 5.10 Å². The fourth-order valence-electron chi connectivity index (χ4n) is 4.53. The van der Waals surface area contributed by atoms with Gasteiger partial charge in [-0.3, -0.25) is 4.79 Å². The number of benzene rings is 4. The van der Waals surface area contributed by atoms with E-state index in [4.69, 9.17) is 25.8 Å². The van der Waals surface area contributed by atoms with E-state index in [1.54, 1.807) is 56.7 Å². The van der Waals surface area contributed by atoms with Crippen LogP contribution in [0.4, 0.5) is 0 Å². The Morgan fingerprint density at radius 3 is 2.35 bits per heavy atom. The third-order valence-electron chi connectivity index (χ3n) is 6.58. The van der Waals surface area contributed by atoms with Crippen LogP contribution < -0.4 is 19.6 Å². The van der Waals surface area contributed by atoms with Gasteiger partial charge in [-0.2, -0.15) is 5.10 Å². The molecule has 218 valence electrons. The molecule has 2 N–H and O–H groups in total. The SMILES string of the molecule is COc1ccc(OC)c2c(-c3ccccc3Cl)c(C(=O)NN=Cc3cc(Br)cc(Br)c3OC(=O)c3ccc(C)cc3)[nH]c12. The Hall–Kier alpha value is -4.12. The zero-order chi connectivity index (χ0) is 30.7. The lowest BCUT2D eigenvalue weighted by molar-refractivity contribution is 0.0733. The second-order valence-electron chi connectivity index (χ2n) is 9.34. The lowest BCUT2D eigenvalue weighted by atomic mass is 10.0. The minimum atomic E-state index is -0.543. The van der Waals surface area contributed by atoms with Gasteiger partial charge in [0, 0.05) is 26.2 Å². The van der Waals surface area contributed by atoms with E-state index in [-0.39, 0.29) is 11.4 Å². The molecule has 0 fully saturated rings. The summed E-state index contributed by atoms with van der Waals surface area (Å²) in [4.78, 5) is 29.7. The Kier molecular flexibility index (Phi) is 9.19. The number of nitrogens with zero attached hydrogens (tertiary/aromatic N) is 1. The minimum Gasteiger partial charge on any atom is -0.496 e. The molecule has 0 spiro atoms. The molecule has 0 bridgehead atoms. The predicted octanol–water partition coefficient (Wildman–Crippen LogP) is 8.32. The van der Waals surface area contributed by atoms with Gasteiger partial charge in [0.15, 0.2) is 5.75 Å². The largest absolute Gasteiger partial charge is 0.496 e. The van der Waals surface area contributed by atoms with Crippen LogP contribution >= 0.6 is 43.5 Å². The van der Waals surface area contributed by atoms with Gasteiger partial charge in [-0.25, -0.2) is 10.2 Å². The maximum atomic E-state index is 13.6. The number of hydrogen-bond donors (Lipinski definition) is 2. The summed E-state index contributed by atoms with van der Waals surface area (Å²) in [5.41, 5.74) is 6.34. The van der Waals surface area contributed by atoms with Gasteiger partial charge in [-0.05, 0) is 65.3 Å².